The van der Waals surface area contributed by atoms with E-state index in [2.05, 4.69) is 11.4 Å². The Morgan fingerprint density at radius 3 is 2.54 bits per heavy atom. The number of thiophene rings is 1. The van der Waals surface area contributed by atoms with E-state index in [4.69, 9.17) is 9.47 Å². The molecule has 0 saturated carbocycles. The largest absolute Gasteiger partial charge is 0.497 e. The predicted octanol–water partition coefficient (Wildman–Crippen LogP) is 4.72. The lowest BCUT2D eigenvalue weighted by Gasteiger charge is -2.37. The maximum absolute atomic E-state index is 13.8. The minimum atomic E-state index is -0.472. The summed E-state index contributed by atoms with van der Waals surface area (Å²) in [7, 11) is 3.21. The molecule has 0 bridgehead atoms. The zero-order valence-electron chi connectivity index (χ0n) is 21.9. The molecule has 0 spiro atoms. The van der Waals surface area contributed by atoms with E-state index in [1.54, 1.807) is 43.8 Å². The minimum Gasteiger partial charge on any atom is -0.497 e. The molecule has 0 N–H and O–H groups in total. The maximum Gasteiger partial charge on any atom is 0.269 e. The maximum atomic E-state index is 13.8. The summed E-state index contributed by atoms with van der Waals surface area (Å²) in [6.07, 6.45) is 4.34. The zero-order valence-corrected chi connectivity index (χ0v) is 22.8. The molecule has 2 amide bonds. The highest BCUT2D eigenvalue weighted by atomic mass is 32.1. The standard InChI is InChI=1S/C29H31N3O6S/c1-37-18-3-16-30(27(33)13-6-21-4-9-23(10-5-21)32(35)36)20-28(34)31-17-14-26-25(15-19-39-26)29(31)22-7-11-24(38-2)12-8-22/h4-13,15,19,29H,3,14,16-18,20H2,1-2H3/b13-6+. The summed E-state index contributed by atoms with van der Waals surface area (Å²) >= 11 is 1.70. The molecule has 0 radical (unpaired) electrons. The molecular weight excluding hydrogens is 518 g/mol. The quantitative estimate of drug-likeness (QED) is 0.148. The minimum absolute atomic E-state index is 0.0213. The number of fused-ring (bicyclic) bond motifs is 1. The van der Waals surface area contributed by atoms with E-state index in [1.807, 2.05) is 29.2 Å². The van der Waals surface area contributed by atoms with E-state index < -0.39 is 4.92 Å². The van der Waals surface area contributed by atoms with Crippen LogP contribution in [0.15, 0.2) is 66.1 Å². The van der Waals surface area contributed by atoms with Gasteiger partial charge in [0.05, 0.1) is 18.1 Å². The number of methoxy groups -OCH3 is 2. The Morgan fingerprint density at radius 1 is 1.13 bits per heavy atom. The van der Waals surface area contributed by atoms with Crippen molar-refractivity contribution in [3.05, 3.63) is 97.7 Å². The summed E-state index contributed by atoms with van der Waals surface area (Å²) in [5, 5.41) is 13.0. The fourth-order valence-electron chi connectivity index (χ4n) is 4.63. The van der Waals surface area contributed by atoms with Crippen molar-refractivity contribution in [2.45, 2.75) is 18.9 Å². The average Bonchev–Trinajstić information content (AvgIpc) is 3.44. The van der Waals surface area contributed by atoms with Gasteiger partial charge in [-0.2, -0.15) is 0 Å². The van der Waals surface area contributed by atoms with Gasteiger partial charge in [0.25, 0.3) is 5.69 Å². The molecule has 9 nitrogen and oxygen atoms in total. The van der Waals surface area contributed by atoms with Crippen LogP contribution >= 0.6 is 11.3 Å². The summed E-state index contributed by atoms with van der Waals surface area (Å²) in [6, 6.07) is 15.5. The van der Waals surface area contributed by atoms with Gasteiger partial charge in [0.2, 0.25) is 11.8 Å². The van der Waals surface area contributed by atoms with Gasteiger partial charge in [-0.1, -0.05) is 12.1 Å². The van der Waals surface area contributed by atoms with Crippen LogP contribution in [-0.4, -0.2) is 67.0 Å². The van der Waals surface area contributed by atoms with Crippen molar-refractivity contribution in [1.29, 1.82) is 0 Å². The first-order valence-corrected chi connectivity index (χ1v) is 13.5. The number of carbonyl (C=O) groups excluding carboxylic acids is 2. The van der Waals surface area contributed by atoms with Gasteiger partial charge in [-0.25, -0.2) is 0 Å². The number of nitro benzene ring substituents is 1. The zero-order chi connectivity index (χ0) is 27.8. The molecule has 0 fully saturated rings. The molecule has 2 heterocycles. The van der Waals surface area contributed by atoms with Gasteiger partial charge < -0.3 is 19.3 Å². The number of carbonyl (C=O) groups is 2. The van der Waals surface area contributed by atoms with E-state index in [-0.39, 0.29) is 30.1 Å². The fourth-order valence-corrected chi connectivity index (χ4v) is 5.54. The van der Waals surface area contributed by atoms with E-state index in [9.17, 15) is 19.7 Å². The average molecular weight is 550 g/mol. The second-order valence-electron chi connectivity index (χ2n) is 9.10. The summed E-state index contributed by atoms with van der Waals surface area (Å²) in [4.78, 5) is 42.0. The molecule has 2 aromatic carbocycles. The van der Waals surface area contributed by atoms with Crippen molar-refractivity contribution in [3.8, 4) is 5.75 Å². The smallest absolute Gasteiger partial charge is 0.269 e. The van der Waals surface area contributed by atoms with Crippen LogP contribution in [0.1, 0.15) is 34.0 Å². The van der Waals surface area contributed by atoms with Gasteiger partial charge in [-0.3, -0.25) is 19.7 Å². The fraction of sp³-hybridized carbons (Fsp3) is 0.310. The molecule has 1 aromatic heterocycles. The van der Waals surface area contributed by atoms with Gasteiger partial charge in [0.15, 0.2) is 0 Å². The highest BCUT2D eigenvalue weighted by Crippen LogP contribution is 2.38. The van der Waals surface area contributed by atoms with Crippen LogP contribution in [0.25, 0.3) is 6.08 Å². The highest BCUT2D eigenvalue weighted by Gasteiger charge is 2.33. The lowest BCUT2D eigenvalue weighted by molar-refractivity contribution is -0.384. The van der Waals surface area contributed by atoms with Crippen LogP contribution in [-0.2, 0) is 20.7 Å². The topological polar surface area (TPSA) is 102 Å². The molecule has 1 aliphatic heterocycles. The van der Waals surface area contributed by atoms with E-state index in [0.717, 1.165) is 23.3 Å². The van der Waals surface area contributed by atoms with Crippen molar-refractivity contribution in [2.24, 2.45) is 0 Å². The number of benzene rings is 2. The molecular formula is C29H31N3O6S. The Balaban J connectivity index is 1.53. The van der Waals surface area contributed by atoms with E-state index in [1.165, 1.54) is 28.0 Å². The normalized spacial score (nSPS) is 14.7. The van der Waals surface area contributed by atoms with Gasteiger partial charge in [-0.15, -0.1) is 11.3 Å². The van der Waals surface area contributed by atoms with Crippen molar-refractivity contribution in [2.75, 3.05) is 40.5 Å². The summed E-state index contributed by atoms with van der Waals surface area (Å²) in [5.41, 5.74) is 2.73. The Morgan fingerprint density at radius 2 is 1.87 bits per heavy atom. The molecule has 39 heavy (non-hydrogen) atoms. The molecule has 4 rings (SSSR count). The summed E-state index contributed by atoms with van der Waals surface area (Å²) in [5.74, 6) is 0.293. The lowest BCUT2D eigenvalue weighted by atomic mass is 9.93. The summed E-state index contributed by atoms with van der Waals surface area (Å²) < 4.78 is 10.5. The van der Waals surface area contributed by atoms with Crippen LogP contribution in [0.5, 0.6) is 5.75 Å². The highest BCUT2D eigenvalue weighted by molar-refractivity contribution is 7.10. The molecule has 0 saturated heterocycles. The molecule has 1 aliphatic rings. The number of hydrogen-bond donors (Lipinski definition) is 0. The number of ether oxygens (including phenoxy) is 2. The Labute approximate surface area is 231 Å². The molecule has 1 unspecified atom stereocenters. The summed E-state index contributed by atoms with van der Waals surface area (Å²) in [6.45, 7) is 1.30. The second kappa shape index (κ2) is 13.2. The van der Waals surface area contributed by atoms with Gasteiger partial charge in [0, 0.05) is 49.9 Å². The molecule has 0 aliphatic carbocycles. The molecule has 10 heteroatoms. The predicted molar refractivity (Wildman–Crippen MR) is 150 cm³/mol. The van der Waals surface area contributed by atoms with Crippen molar-refractivity contribution in [1.82, 2.24) is 9.80 Å². The molecule has 3 aromatic rings. The van der Waals surface area contributed by atoms with Crippen LogP contribution < -0.4 is 4.74 Å². The number of rotatable bonds is 11. The number of amides is 2. The first-order chi connectivity index (χ1) is 18.9. The second-order valence-corrected chi connectivity index (χ2v) is 10.1. The Bertz CT molecular complexity index is 1320. The van der Waals surface area contributed by atoms with Crippen LogP contribution in [0.3, 0.4) is 0 Å². The Hall–Kier alpha value is -4.02. The number of nitrogens with zero attached hydrogens (tertiary/aromatic N) is 3. The van der Waals surface area contributed by atoms with Crippen molar-refractivity contribution >= 4 is 34.9 Å². The molecule has 204 valence electrons. The third kappa shape index (κ3) is 6.90. The monoisotopic (exact) mass is 549 g/mol. The lowest BCUT2D eigenvalue weighted by Crippen LogP contribution is -2.46. The van der Waals surface area contributed by atoms with Crippen LogP contribution in [0.4, 0.5) is 5.69 Å². The Kier molecular flexibility index (Phi) is 9.45. The first-order valence-electron chi connectivity index (χ1n) is 12.6. The third-order valence-corrected chi connectivity index (χ3v) is 7.65. The number of hydrogen-bond acceptors (Lipinski definition) is 7. The molecule has 1 atom stereocenters. The van der Waals surface area contributed by atoms with Crippen LogP contribution in [0.2, 0.25) is 0 Å². The van der Waals surface area contributed by atoms with Crippen molar-refractivity contribution < 1.29 is 24.0 Å². The van der Waals surface area contributed by atoms with Gasteiger partial charge in [-0.05, 0) is 71.3 Å². The van der Waals surface area contributed by atoms with Gasteiger partial charge >= 0.3 is 0 Å². The number of non-ortho nitro benzene ring substituents is 1. The van der Waals surface area contributed by atoms with E-state index >= 15 is 0 Å². The third-order valence-electron chi connectivity index (χ3n) is 6.65. The SMILES string of the molecule is COCCCN(CC(=O)N1CCc2sccc2C1c1ccc(OC)cc1)C(=O)/C=C/c1ccc([N+](=O)[O-])cc1. The first kappa shape index (κ1) is 28.0. The van der Waals surface area contributed by atoms with E-state index in [0.29, 0.717) is 31.7 Å². The van der Waals surface area contributed by atoms with Crippen molar-refractivity contribution in [3.63, 3.8) is 0 Å². The van der Waals surface area contributed by atoms with Gasteiger partial charge in [0.1, 0.15) is 12.3 Å². The number of nitro groups is 1. The van der Waals surface area contributed by atoms with Crippen LogP contribution in [0, 0.1) is 10.1 Å².